The van der Waals surface area contributed by atoms with Crippen LogP contribution in [0.15, 0.2) is 41.8 Å². The summed E-state index contributed by atoms with van der Waals surface area (Å²) in [5.74, 6) is 1.32. The SMILES string of the molecule is COc1ccccc1NC(=O)CCSc1nccn1C. The van der Waals surface area contributed by atoms with Crippen LogP contribution in [-0.2, 0) is 11.8 Å². The Morgan fingerprint density at radius 1 is 1.45 bits per heavy atom. The van der Waals surface area contributed by atoms with Crippen LogP contribution in [0.2, 0.25) is 0 Å². The molecule has 0 saturated heterocycles. The zero-order chi connectivity index (χ0) is 14.4. The number of imidazole rings is 1. The number of nitrogens with one attached hydrogen (secondary N) is 1. The number of thioether (sulfide) groups is 1. The second-order valence-corrected chi connectivity index (χ2v) is 5.23. The Bertz CT molecular complexity index is 583. The first kappa shape index (κ1) is 14.5. The van der Waals surface area contributed by atoms with Gasteiger partial charge in [-0.1, -0.05) is 23.9 Å². The maximum atomic E-state index is 11.9. The fraction of sp³-hybridized carbons (Fsp3) is 0.286. The summed E-state index contributed by atoms with van der Waals surface area (Å²) in [6, 6.07) is 7.37. The zero-order valence-corrected chi connectivity index (χ0v) is 12.3. The van der Waals surface area contributed by atoms with Crippen LogP contribution < -0.4 is 10.1 Å². The number of rotatable bonds is 6. The fourth-order valence-electron chi connectivity index (χ4n) is 1.69. The molecule has 0 radical (unpaired) electrons. The third-order valence-electron chi connectivity index (χ3n) is 2.72. The lowest BCUT2D eigenvalue weighted by Gasteiger charge is -2.09. The number of amides is 1. The molecule has 0 atom stereocenters. The van der Waals surface area contributed by atoms with Gasteiger partial charge in [-0.3, -0.25) is 4.79 Å². The van der Waals surface area contributed by atoms with Crippen LogP contribution in [0.1, 0.15) is 6.42 Å². The van der Waals surface area contributed by atoms with Crippen LogP contribution in [0.25, 0.3) is 0 Å². The van der Waals surface area contributed by atoms with Crippen LogP contribution in [-0.4, -0.2) is 28.3 Å². The van der Waals surface area contributed by atoms with E-state index < -0.39 is 0 Å². The molecule has 0 aliphatic carbocycles. The summed E-state index contributed by atoms with van der Waals surface area (Å²) in [6.45, 7) is 0. The van der Waals surface area contributed by atoms with Crippen molar-refractivity contribution in [3.8, 4) is 5.75 Å². The van der Waals surface area contributed by atoms with Gasteiger partial charge in [-0.05, 0) is 12.1 Å². The largest absolute Gasteiger partial charge is 0.495 e. The van der Waals surface area contributed by atoms with Crippen molar-refractivity contribution in [3.05, 3.63) is 36.7 Å². The maximum absolute atomic E-state index is 11.9. The Labute approximate surface area is 122 Å². The first-order chi connectivity index (χ1) is 9.70. The Hall–Kier alpha value is -1.95. The summed E-state index contributed by atoms with van der Waals surface area (Å²) >= 11 is 1.56. The monoisotopic (exact) mass is 291 g/mol. The molecule has 0 bridgehead atoms. The Morgan fingerprint density at radius 3 is 2.95 bits per heavy atom. The highest BCUT2D eigenvalue weighted by Gasteiger charge is 2.07. The molecule has 1 amide bonds. The quantitative estimate of drug-likeness (QED) is 0.831. The third-order valence-corrected chi connectivity index (χ3v) is 3.78. The van der Waals surface area contributed by atoms with Gasteiger partial charge < -0.3 is 14.6 Å². The van der Waals surface area contributed by atoms with Crippen LogP contribution in [0.3, 0.4) is 0 Å². The highest BCUT2D eigenvalue weighted by atomic mass is 32.2. The lowest BCUT2D eigenvalue weighted by atomic mass is 10.3. The number of aromatic nitrogens is 2. The van der Waals surface area contributed by atoms with E-state index in [1.54, 1.807) is 25.1 Å². The molecule has 1 aromatic carbocycles. The van der Waals surface area contributed by atoms with Gasteiger partial charge in [0.1, 0.15) is 5.75 Å². The maximum Gasteiger partial charge on any atom is 0.225 e. The number of anilines is 1. The number of nitrogens with zero attached hydrogens (tertiary/aromatic N) is 2. The molecule has 1 aromatic heterocycles. The van der Waals surface area contributed by atoms with Gasteiger partial charge in [-0.15, -0.1) is 0 Å². The topological polar surface area (TPSA) is 56.1 Å². The first-order valence-electron chi connectivity index (χ1n) is 6.23. The molecule has 0 fully saturated rings. The van der Waals surface area contributed by atoms with Gasteiger partial charge in [0, 0.05) is 31.6 Å². The summed E-state index contributed by atoms with van der Waals surface area (Å²) in [4.78, 5) is 16.1. The van der Waals surface area contributed by atoms with Gasteiger partial charge in [0.2, 0.25) is 5.91 Å². The van der Waals surface area contributed by atoms with Crippen molar-refractivity contribution in [1.82, 2.24) is 9.55 Å². The van der Waals surface area contributed by atoms with E-state index in [4.69, 9.17) is 4.74 Å². The molecule has 0 spiro atoms. The number of ether oxygens (including phenoxy) is 1. The Balaban J connectivity index is 1.82. The van der Waals surface area contributed by atoms with Crippen LogP contribution >= 0.6 is 11.8 Å². The van der Waals surface area contributed by atoms with Gasteiger partial charge >= 0.3 is 0 Å². The Morgan fingerprint density at radius 2 is 2.25 bits per heavy atom. The number of aryl methyl sites for hydroxylation is 1. The molecular formula is C14H17N3O2S. The first-order valence-corrected chi connectivity index (χ1v) is 7.22. The van der Waals surface area contributed by atoms with Gasteiger partial charge in [0.25, 0.3) is 0 Å². The highest BCUT2D eigenvalue weighted by molar-refractivity contribution is 7.99. The molecule has 6 heteroatoms. The molecule has 106 valence electrons. The van der Waals surface area contributed by atoms with E-state index >= 15 is 0 Å². The molecule has 0 aliphatic rings. The van der Waals surface area contributed by atoms with Gasteiger partial charge in [0.05, 0.1) is 12.8 Å². The second-order valence-electron chi connectivity index (χ2n) is 4.17. The van der Waals surface area contributed by atoms with Crippen LogP contribution in [0.5, 0.6) is 5.75 Å². The molecule has 2 aromatic rings. The normalized spacial score (nSPS) is 10.3. The van der Waals surface area contributed by atoms with Crippen molar-refractivity contribution in [2.45, 2.75) is 11.6 Å². The molecule has 2 rings (SSSR count). The third kappa shape index (κ3) is 3.77. The van der Waals surface area contributed by atoms with Crippen LogP contribution in [0.4, 0.5) is 5.69 Å². The number of hydrogen-bond acceptors (Lipinski definition) is 4. The molecule has 0 aliphatic heterocycles. The van der Waals surface area contributed by atoms with Gasteiger partial charge in [-0.2, -0.15) is 0 Å². The average molecular weight is 291 g/mol. The predicted octanol–water partition coefficient (Wildman–Crippen LogP) is 2.55. The second kappa shape index (κ2) is 7.00. The summed E-state index contributed by atoms with van der Waals surface area (Å²) in [5, 5.41) is 3.76. The number of benzene rings is 1. The number of para-hydroxylation sites is 2. The average Bonchev–Trinajstić information content (AvgIpc) is 2.85. The molecular weight excluding hydrogens is 274 g/mol. The lowest BCUT2D eigenvalue weighted by molar-refractivity contribution is -0.115. The van der Waals surface area contributed by atoms with Gasteiger partial charge in [0.15, 0.2) is 5.16 Å². The van der Waals surface area contributed by atoms with E-state index in [9.17, 15) is 4.79 Å². The summed E-state index contributed by atoms with van der Waals surface area (Å²) in [6.07, 6.45) is 4.06. The van der Waals surface area contributed by atoms with Crippen molar-refractivity contribution in [3.63, 3.8) is 0 Å². The smallest absolute Gasteiger partial charge is 0.225 e. The molecule has 0 unspecified atom stereocenters. The molecule has 1 N–H and O–H groups in total. The molecule has 0 saturated carbocycles. The van der Waals surface area contributed by atoms with Crippen molar-refractivity contribution >= 4 is 23.4 Å². The van der Waals surface area contributed by atoms with Gasteiger partial charge in [-0.25, -0.2) is 4.98 Å². The minimum absolute atomic E-state index is 0.0313. The number of carbonyl (C=O) groups excluding carboxylic acids is 1. The summed E-state index contributed by atoms with van der Waals surface area (Å²) < 4.78 is 7.13. The minimum Gasteiger partial charge on any atom is -0.495 e. The standard InChI is InChI=1S/C14H17N3O2S/c1-17-9-8-15-14(17)20-10-7-13(18)16-11-5-3-4-6-12(11)19-2/h3-6,8-9H,7,10H2,1-2H3,(H,16,18). The van der Waals surface area contributed by atoms with E-state index in [1.165, 1.54) is 0 Å². The summed E-state index contributed by atoms with van der Waals surface area (Å²) in [7, 11) is 3.52. The van der Waals surface area contributed by atoms with E-state index in [-0.39, 0.29) is 5.91 Å². The van der Waals surface area contributed by atoms with Crippen molar-refractivity contribution < 1.29 is 9.53 Å². The molecule has 20 heavy (non-hydrogen) atoms. The lowest BCUT2D eigenvalue weighted by Crippen LogP contribution is -2.13. The van der Waals surface area contributed by atoms with E-state index in [2.05, 4.69) is 10.3 Å². The zero-order valence-electron chi connectivity index (χ0n) is 11.5. The van der Waals surface area contributed by atoms with E-state index in [0.717, 1.165) is 5.16 Å². The van der Waals surface area contributed by atoms with Crippen molar-refractivity contribution in [1.29, 1.82) is 0 Å². The molecule has 1 heterocycles. The summed E-state index contributed by atoms with van der Waals surface area (Å²) in [5.41, 5.74) is 0.696. The number of methoxy groups -OCH3 is 1. The van der Waals surface area contributed by atoms with E-state index in [1.807, 2.05) is 42.1 Å². The number of carbonyl (C=O) groups is 1. The van der Waals surface area contributed by atoms with Crippen molar-refractivity contribution in [2.75, 3.05) is 18.2 Å². The van der Waals surface area contributed by atoms with E-state index in [0.29, 0.717) is 23.6 Å². The molecule has 5 nitrogen and oxygen atoms in total. The van der Waals surface area contributed by atoms with Crippen LogP contribution in [0, 0.1) is 0 Å². The van der Waals surface area contributed by atoms with Crippen molar-refractivity contribution in [2.24, 2.45) is 7.05 Å². The fourth-order valence-corrected chi connectivity index (χ4v) is 2.56. The highest BCUT2D eigenvalue weighted by Crippen LogP contribution is 2.23. The predicted molar refractivity (Wildman–Crippen MR) is 80.2 cm³/mol. The Kier molecular flexibility index (Phi) is 5.06. The minimum atomic E-state index is -0.0313. The number of hydrogen-bond donors (Lipinski definition) is 1.